The number of amides is 2. The minimum Gasteiger partial charge on any atom is -0.497 e. The molecule has 0 saturated heterocycles. The van der Waals surface area contributed by atoms with Crippen LogP contribution in [0.25, 0.3) is 0 Å². The largest absolute Gasteiger partial charge is 0.497 e. The zero-order valence-electron chi connectivity index (χ0n) is 13.4. The average Bonchev–Trinajstić information content (AvgIpc) is 2.99. The van der Waals surface area contributed by atoms with Crippen molar-refractivity contribution < 1.29 is 19.1 Å². The van der Waals surface area contributed by atoms with Crippen LogP contribution in [0, 0.1) is 0 Å². The van der Waals surface area contributed by atoms with E-state index in [0.29, 0.717) is 20.8 Å². The summed E-state index contributed by atoms with van der Waals surface area (Å²) in [6.45, 7) is 3.79. The highest BCUT2D eigenvalue weighted by molar-refractivity contribution is 8.01. The molecule has 7 nitrogen and oxygen atoms in total. The summed E-state index contributed by atoms with van der Waals surface area (Å²) < 4.78 is 11.0. The van der Waals surface area contributed by atoms with Gasteiger partial charge in [-0.3, -0.25) is 14.9 Å². The maximum atomic E-state index is 12.0. The molecular weight excluding hydrogens is 350 g/mol. The molecule has 0 spiro atoms. The van der Waals surface area contributed by atoms with E-state index in [1.807, 2.05) is 13.8 Å². The summed E-state index contributed by atoms with van der Waals surface area (Å²) in [7, 11) is 1.54. The van der Waals surface area contributed by atoms with Crippen molar-refractivity contribution in [2.45, 2.75) is 24.3 Å². The lowest BCUT2D eigenvalue weighted by molar-refractivity contribution is -0.117. The summed E-state index contributed by atoms with van der Waals surface area (Å²) in [5.41, 5.74) is 0.387. The number of rotatable bonds is 7. The second kappa shape index (κ2) is 8.65. The molecule has 1 aromatic heterocycles. The van der Waals surface area contributed by atoms with Crippen molar-refractivity contribution in [2.75, 3.05) is 12.9 Å². The SMILES string of the molecule is COc1ccc(C(=O)NC(=O)CSc2nnc(OC(C)C)s2)cc1. The van der Waals surface area contributed by atoms with Crippen molar-refractivity contribution in [3.05, 3.63) is 29.8 Å². The summed E-state index contributed by atoms with van der Waals surface area (Å²) >= 11 is 2.46. The molecule has 0 saturated carbocycles. The molecule has 0 aliphatic heterocycles. The van der Waals surface area contributed by atoms with Gasteiger partial charge in [0.1, 0.15) is 5.75 Å². The molecule has 0 aliphatic carbocycles. The van der Waals surface area contributed by atoms with Gasteiger partial charge in [0, 0.05) is 5.56 Å². The Hall–Kier alpha value is -2.13. The van der Waals surface area contributed by atoms with Gasteiger partial charge in [-0.25, -0.2) is 0 Å². The topological polar surface area (TPSA) is 90.4 Å². The van der Waals surface area contributed by atoms with Crippen LogP contribution >= 0.6 is 23.1 Å². The first kappa shape index (κ1) is 18.2. The first-order valence-corrected chi connectivity index (χ1v) is 8.89. The highest BCUT2D eigenvalue weighted by atomic mass is 32.2. The molecule has 2 amide bonds. The second-order valence-electron chi connectivity index (χ2n) is 4.89. The molecular formula is C15H17N3O4S2. The van der Waals surface area contributed by atoms with Crippen LogP contribution in [-0.4, -0.2) is 41.0 Å². The van der Waals surface area contributed by atoms with Gasteiger partial charge in [0.05, 0.1) is 19.0 Å². The van der Waals surface area contributed by atoms with Crippen molar-refractivity contribution in [1.29, 1.82) is 0 Å². The lowest BCUT2D eigenvalue weighted by Gasteiger charge is -2.04. The van der Waals surface area contributed by atoms with Gasteiger partial charge in [0.2, 0.25) is 5.91 Å². The van der Waals surface area contributed by atoms with Gasteiger partial charge in [-0.2, -0.15) is 0 Å². The van der Waals surface area contributed by atoms with E-state index in [-0.39, 0.29) is 11.9 Å². The monoisotopic (exact) mass is 367 g/mol. The number of ether oxygens (including phenoxy) is 2. The van der Waals surface area contributed by atoms with Crippen molar-refractivity contribution in [3.8, 4) is 10.9 Å². The molecule has 2 aromatic rings. The van der Waals surface area contributed by atoms with E-state index >= 15 is 0 Å². The Morgan fingerprint density at radius 1 is 1.25 bits per heavy atom. The van der Waals surface area contributed by atoms with Gasteiger partial charge in [-0.05, 0) is 49.4 Å². The molecule has 0 bridgehead atoms. The Morgan fingerprint density at radius 2 is 1.96 bits per heavy atom. The number of thioether (sulfide) groups is 1. The van der Waals surface area contributed by atoms with E-state index in [2.05, 4.69) is 15.5 Å². The first-order chi connectivity index (χ1) is 11.5. The van der Waals surface area contributed by atoms with Crippen molar-refractivity contribution in [2.24, 2.45) is 0 Å². The fourth-order valence-electron chi connectivity index (χ4n) is 1.61. The highest BCUT2D eigenvalue weighted by Gasteiger charge is 2.13. The molecule has 0 atom stereocenters. The smallest absolute Gasteiger partial charge is 0.295 e. The van der Waals surface area contributed by atoms with E-state index in [1.54, 1.807) is 31.4 Å². The maximum Gasteiger partial charge on any atom is 0.295 e. The molecule has 1 N–H and O–H groups in total. The van der Waals surface area contributed by atoms with Gasteiger partial charge < -0.3 is 9.47 Å². The summed E-state index contributed by atoms with van der Waals surface area (Å²) in [5, 5.41) is 10.6. The standard InChI is InChI=1S/C15H17N3O4S2/c1-9(2)22-14-17-18-15(24-14)23-8-12(19)16-13(20)10-4-6-11(21-3)7-5-10/h4-7,9H,8H2,1-3H3,(H,16,19,20). The number of nitrogens with one attached hydrogen (secondary N) is 1. The molecule has 0 radical (unpaired) electrons. The molecule has 0 unspecified atom stereocenters. The van der Waals surface area contributed by atoms with Crippen molar-refractivity contribution >= 4 is 34.9 Å². The number of imide groups is 1. The minimum absolute atomic E-state index is 0.0150. The second-order valence-corrected chi connectivity index (χ2v) is 7.06. The fraction of sp³-hybridized carbons (Fsp3) is 0.333. The Balaban J connectivity index is 1.81. The Kier molecular flexibility index (Phi) is 6.56. The maximum absolute atomic E-state index is 12.0. The zero-order valence-corrected chi connectivity index (χ0v) is 15.1. The van der Waals surface area contributed by atoms with Gasteiger partial charge in [0.15, 0.2) is 4.34 Å². The van der Waals surface area contributed by atoms with E-state index < -0.39 is 11.8 Å². The number of carbonyl (C=O) groups excluding carboxylic acids is 2. The number of methoxy groups -OCH3 is 1. The van der Waals surface area contributed by atoms with Gasteiger partial charge >= 0.3 is 0 Å². The Bertz CT molecular complexity index is 701. The van der Waals surface area contributed by atoms with Crippen LogP contribution in [-0.2, 0) is 4.79 Å². The normalized spacial score (nSPS) is 10.5. The number of carbonyl (C=O) groups is 2. The number of hydrogen-bond acceptors (Lipinski definition) is 8. The van der Waals surface area contributed by atoms with Gasteiger partial charge in [-0.1, -0.05) is 16.9 Å². The molecule has 0 fully saturated rings. The Labute approximate surface area is 147 Å². The van der Waals surface area contributed by atoms with Crippen LogP contribution < -0.4 is 14.8 Å². The predicted octanol–water partition coefficient (Wildman–Crippen LogP) is 2.38. The quantitative estimate of drug-likeness (QED) is 0.751. The third-order valence-corrected chi connectivity index (χ3v) is 4.60. The van der Waals surface area contributed by atoms with Crippen molar-refractivity contribution in [3.63, 3.8) is 0 Å². The molecule has 0 aliphatic rings. The number of nitrogens with zero attached hydrogens (tertiary/aromatic N) is 2. The van der Waals surface area contributed by atoms with Gasteiger partial charge in [-0.15, -0.1) is 5.10 Å². The van der Waals surface area contributed by atoms with Crippen LogP contribution in [0.4, 0.5) is 0 Å². The summed E-state index contributed by atoms with van der Waals surface area (Å²) in [4.78, 5) is 23.8. The van der Waals surface area contributed by atoms with Crippen LogP contribution in [0.2, 0.25) is 0 Å². The van der Waals surface area contributed by atoms with Crippen LogP contribution in [0.3, 0.4) is 0 Å². The van der Waals surface area contributed by atoms with Crippen molar-refractivity contribution in [1.82, 2.24) is 15.5 Å². The average molecular weight is 367 g/mol. The highest BCUT2D eigenvalue weighted by Crippen LogP contribution is 2.27. The van der Waals surface area contributed by atoms with Crippen LogP contribution in [0.1, 0.15) is 24.2 Å². The summed E-state index contributed by atoms with van der Waals surface area (Å²) in [6, 6.07) is 6.50. The van der Waals surface area contributed by atoms with E-state index in [9.17, 15) is 9.59 Å². The summed E-state index contributed by atoms with van der Waals surface area (Å²) in [6.07, 6.45) is 0.0150. The molecule has 1 aromatic carbocycles. The number of benzene rings is 1. The molecule has 24 heavy (non-hydrogen) atoms. The minimum atomic E-state index is -0.454. The molecule has 2 rings (SSSR count). The molecule has 128 valence electrons. The third kappa shape index (κ3) is 5.50. The molecule has 9 heteroatoms. The first-order valence-electron chi connectivity index (χ1n) is 7.09. The third-order valence-electron chi connectivity index (χ3n) is 2.66. The number of hydrogen-bond donors (Lipinski definition) is 1. The van der Waals surface area contributed by atoms with Gasteiger partial charge in [0.25, 0.3) is 11.1 Å². The van der Waals surface area contributed by atoms with E-state index in [1.165, 1.54) is 23.1 Å². The van der Waals surface area contributed by atoms with E-state index in [0.717, 1.165) is 0 Å². The zero-order chi connectivity index (χ0) is 17.5. The van der Waals surface area contributed by atoms with Crippen LogP contribution in [0.15, 0.2) is 28.6 Å². The summed E-state index contributed by atoms with van der Waals surface area (Å²) in [5.74, 6) is -0.145. The number of aromatic nitrogens is 2. The lowest BCUT2D eigenvalue weighted by atomic mass is 10.2. The van der Waals surface area contributed by atoms with E-state index in [4.69, 9.17) is 9.47 Å². The van der Waals surface area contributed by atoms with Crippen LogP contribution in [0.5, 0.6) is 10.9 Å². The fourth-order valence-corrected chi connectivity index (χ4v) is 3.21. The predicted molar refractivity (Wildman–Crippen MR) is 91.9 cm³/mol. The molecule has 1 heterocycles. The Morgan fingerprint density at radius 3 is 2.58 bits per heavy atom. The lowest BCUT2D eigenvalue weighted by Crippen LogP contribution is -2.31.